The molecule has 0 aromatic carbocycles. The summed E-state index contributed by atoms with van der Waals surface area (Å²) < 4.78 is 0. The predicted octanol–water partition coefficient (Wildman–Crippen LogP) is 2.41. The second-order valence-electron chi connectivity index (χ2n) is 5.46. The van der Waals surface area contributed by atoms with Crippen LogP contribution in [0.1, 0.15) is 39.5 Å². The van der Waals surface area contributed by atoms with Crippen LogP contribution < -0.4 is 5.32 Å². The second kappa shape index (κ2) is 5.33. The lowest BCUT2D eigenvalue weighted by atomic mass is 9.84. The van der Waals surface area contributed by atoms with Gasteiger partial charge in [0, 0.05) is 24.7 Å². The smallest absolute Gasteiger partial charge is 0.0136 e. The van der Waals surface area contributed by atoms with Gasteiger partial charge in [0.1, 0.15) is 0 Å². The SMILES string of the molecule is CNC1CCN(C2CC=CCC2)C(C)C1C. The minimum atomic E-state index is 0.713. The van der Waals surface area contributed by atoms with Crippen molar-refractivity contribution < 1.29 is 0 Å². The number of rotatable bonds is 2. The monoisotopic (exact) mass is 222 g/mol. The maximum Gasteiger partial charge on any atom is 0.0136 e. The molecule has 2 aliphatic rings. The Bertz CT molecular complexity index is 249. The standard InChI is InChI=1S/C14H26N2/c1-11-12(2)16(10-9-14(11)15-3)13-7-5-4-6-8-13/h4-5,11-15H,6-10H2,1-3H3. The number of hydrogen-bond acceptors (Lipinski definition) is 2. The minimum Gasteiger partial charge on any atom is -0.317 e. The van der Waals surface area contributed by atoms with Crippen LogP contribution in [-0.4, -0.2) is 36.6 Å². The Kier molecular flexibility index (Phi) is 4.04. The molecule has 1 aliphatic heterocycles. The number of piperidine rings is 1. The average molecular weight is 222 g/mol. The van der Waals surface area contributed by atoms with E-state index in [1.54, 1.807) is 0 Å². The largest absolute Gasteiger partial charge is 0.317 e. The maximum atomic E-state index is 3.47. The van der Waals surface area contributed by atoms with Gasteiger partial charge in [-0.15, -0.1) is 0 Å². The van der Waals surface area contributed by atoms with Crippen LogP contribution in [0.4, 0.5) is 0 Å². The second-order valence-corrected chi connectivity index (χ2v) is 5.46. The molecule has 2 rings (SSSR count). The molecule has 92 valence electrons. The van der Waals surface area contributed by atoms with Gasteiger partial charge >= 0.3 is 0 Å². The molecular formula is C14H26N2. The van der Waals surface area contributed by atoms with Crippen LogP contribution in [0.5, 0.6) is 0 Å². The molecule has 0 amide bonds. The van der Waals surface area contributed by atoms with Crippen molar-refractivity contribution in [1.29, 1.82) is 0 Å². The van der Waals surface area contributed by atoms with E-state index in [-0.39, 0.29) is 0 Å². The van der Waals surface area contributed by atoms with Gasteiger partial charge in [-0.05, 0) is 45.6 Å². The zero-order valence-corrected chi connectivity index (χ0v) is 10.9. The first-order valence-corrected chi connectivity index (χ1v) is 6.82. The van der Waals surface area contributed by atoms with Crippen molar-refractivity contribution in [3.05, 3.63) is 12.2 Å². The Hall–Kier alpha value is -0.340. The third-order valence-corrected chi connectivity index (χ3v) is 4.70. The highest BCUT2D eigenvalue weighted by molar-refractivity contribution is 4.98. The molecule has 0 saturated carbocycles. The van der Waals surface area contributed by atoms with Crippen molar-refractivity contribution in [2.75, 3.05) is 13.6 Å². The number of nitrogens with zero attached hydrogens (tertiary/aromatic N) is 1. The summed E-state index contributed by atoms with van der Waals surface area (Å²) >= 11 is 0. The molecule has 1 fully saturated rings. The zero-order valence-electron chi connectivity index (χ0n) is 10.9. The van der Waals surface area contributed by atoms with Crippen LogP contribution in [0.2, 0.25) is 0 Å². The minimum absolute atomic E-state index is 0.713. The summed E-state index contributed by atoms with van der Waals surface area (Å²) in [5.41, 5.74) is 0. The van der Waals surface area contributed by atoms with Crippen LogP contribution in [0.3, 0.4) is 0 Å². The molecule has 1 saturated heterocycles. The third-order valence-electron chi connectivity index (χ3n) is 4.70. The van der Waals surface area contributed by atoms with Crippen LogP contribution in [0.25, 0.3) is 0 Å². The molecule has 2 heteroatoms. The van der Waals surface area contributed by atoms with E-state index in [0.29, 0.717) is 6.04 Å². The summed E-state index contributed by atoms with van der Waals surface area (Å²) in [7, 11) is 2.10. The lowest BCUT2D eigenvalue weighted by Gasteiger charge is -2.46. The van der Waals surface area contributed by atoms with Gasteiger partial charge in [-0.25, -0.2) is 0 Å². The molecule has 1 aliphatic carbocycles. The van der Waals surface area contributed by atoms with E-state index in [9.17, 15) is 0 Å². The van der Waals surface area contributed by atoms with E-state index >= 15 is 0 Å². The third kappa shape index (κ3) is 2.33. The van der Waals surface area contributed by atoms with E-state index in [4.69, 9.17) is 0 Å². The van der Waals surface area contributed by atoms with Gasteiger partial charge in [-0.3, -0.25) is 4.90 Å². The Morgan fingerprint density at radius 3 is 2.62 bits per heavy atom. The highest BCUT2D eigenvalue weighted by Gasteiger charge is 2.34. The van der Waals surface area contributed by atoms with Crippen molar-refractivity contribution in [1.82, 2.24) is 10.2 Å². The molecular weight excluding hydrogens is 196 g/mol. The summed E-state index contributed by atoms with van der Waals surface area (Å²) in [6.07, 6.45) is 9.92. The summed E-state index contributed by atoms with van der Waals surface area (Å²) in [4.78, 5) is 2.75. The van der Waals surface area contributed by atoms with E-state index < -0.39 is 0 Å². The molecule has 4 atom stereocenters. The van der Waals surface area contributed by atoms with Crippen LogP contribution in [0.15, 0.2) is 12.2 Å². The first-order valence-electron chi connectivity index (χ1n) is 6.82. The Labute approximate surface area is 100 Å². The van der Waals surface area contributed by atoms with Gasteiger partial charge in [0.25, 0.3) is 0 Å². The van der Waals surface area contributed by atoms with Gasteiger partial charge in [0.15, 0.2) is 0 Å². The number of allylic oxidation sites excluding steroid dienone is 1. The lowest BCUT2D eigenvalue weighted by molar-refractivity contribution is 0.0449. The van der Waals surface area contributed by atoms with Gasteiger partial charge in [-0.2, -0.15) is 0 Å². The maximum absolute atomic E-state index is 3.47. The molecule has 0 spiro atoms. The molecule has 4 unspecified atom stereocenters. The van der Waals surface area contributed by atoms with Gasteiger partial charge < -0.3 is 5.32 Å². The average Bonchev–Trinajstić information content (AvgIpc) is 2.34. The Morgan fingerprint density at radius 1 is 1.19 bits per heavy atom. The molecule has 1 heterocycles. The number of hydrogen-bond donors (Lipinski definition) is 1. The summed E-state index contributed by atoms with van der Waals surface area (Å²) in [6, 6.07) is 2.24. The zero-order chi connectivity index (χ0) is 11.5. The van der Waals surface area contributed by atoms with Crippen molar-refractivity contribution in [2.24, 2.45) is 5.92 Å². The van der Waals surface area contributed by atoms with Crippen LogP contribution in [-0.2, 0) is 0 Å². The molecule has 2 nitrogen and oxygen atoms in total. The highest BCUT2D eigenvalue weighted by atomic mass is 15.2. The van der Waals surface area contributed by atoms with E-state index in [1.165, 1.54) is 32.2 Å². The molecule has 0 radical (unpaired) electrons. The predicted molar refractivity (Wildman–Crippen MR) is 69.6 cm³/mol. The quantitative estimate of drug-likeness (QED) is 0.722. The van der Waals surface area contributed by atoms with Crippen LogP contribution in [0, 0.1) is 5.92 Å². The number of likely N-dealkylation sites (tertiary alicyclic amines) is 1. The van der Waals surface area contributed by atoms with Crippen molar-refractivity contribution in [2.45, 2.75) is 57.7 Å². The fourth-order valence-corrected chi connectivity index (χ4v) is 3.39. The molecule has 1 N–H and O–H groups in total. The van der Waals surface area contributed by atoms with Crippen molar-refractivity contribution >= 4 is 0 Å². The summed E-state index contributed by atoms with van der Waals surface area (Å²) in [6.45, 7) is 6.08. The van der Waals surface area contributed by atoms with Gasteiger partial charge in [-0.1, -0.05) is 19.1 Å². The van der Waals surface area contributed by atoms with E-state index in [1.807, 2.05) is 0 Å². The van der Waals surface area contributed by atoms with Crippen molar-refractivity contribution in [3.8, 4) is 0 Å². The van der Waals surface area contributed by atoms with Crippen molar-refractivity contribution in [3.63, 3.8) is 0 Å². The topological polar surface area (TPSA) is 15.3 Å². The van der Waals surface area contributed by atoms with Crippen LogP contribution >= 0.6 is 0 Å². The Balaban J connectivity index is 1.98. The first-order chi connectivity index (χ1) is 7.74. The molecule has 0 bridgehead atoms. The molecule has 0 aromatic rings. The lowest BCUT2D eigenvalue weighted by Crippen LogP contribution is -2.55. The van der Waals surface area contributed by atoms with Gasteiger partial charge in [0.2, 0.25) is 0 Å². The number of nitrogens with one attached hydrogen (secondary N) is 1. The Morgan fingerprint density at radius 2 is 2.00 bits per heavy atom. The summed E-state index contributed by atoms with van der Waals surface area (Å²) in [5, 5.41) is 3.47. The fourth-order valence-electron chi connectivity index (χ4n) is 3.39. The van der Waals surface area contributed by atoms with E-state index in [2.05, 4.69) is 43.3 Å². The van der Waals surface area contributed by atoms with Gasteiger partial charge in [0.05, 0.1) is 0 Å². The van der Waals surface area contributed by atoms with E-state index in [0.717, 1.165) is 18.0 Å². The molecule has 16 heavy (non-hydrogen) atoms. The fraction of sp³-hybridized carbons (Fsp3) is 0.857. The normalized spacial score (nSPS) is 41.2. The highest BCUT2D eigenvalue weighted by Crippen LogP contribution is 2.29. The molecule has 0 aromatic heterocycles. The summed E-state index contributed by atoms with van der Waals surface area (Å²) in [5.74, 6) is 0.768. The first kappa shape index (κ1) is 12.1.